The van der Waals surface area contributed by atoms with Crippen LogP contribution < -0.4 is 5.84 Å². The molecule has 2 aliphatic heterocycles. The third-order valence-electron chi connectivity index (χ3n) is 5.39. The van der Waals surface area contributed by atoms with E-state index < -0.39 is 0 Å². The van der Waals surface area contributed by atoms with E-state index >= 15 is 0 Å². The molecule has 0 saturated heterocycles. The van der Waals surface area contributed by atoms with Gasteiger partial charge >= 0.3 is 0 Å². The van der Waals surface area contributed by atoms with Crippen molar-refractivity contribution >= 4 is 23.0 Å². The second-order valence-corrected chi connectivity index (χ2v) is 7.68. The van der Waals surface area contributed by atoms with Gasteiger partial charge in [-0.2, -0.15) is 10.8 Å². The Hall–Kier alpha value is -3.41. The molecule has 2 aliphatic rings. The number of hydrogen-bond donors (Lipinski definition) is 1. The van der Waals surface area contributed by atoms with Crippen molar-refractivity contribution in [1.29, 1.82) is 0 Å². The zero-order chi connectivity index (χ0) is 20.0. The van der Waals surface area contributed by atoms with Gasteiger partial charge in [0.15, 0.2) is 0 Å². The molecule has 2 aromatic carbocycles. The molecule has 0 amide bonds. The molecule has 0 bridgehead atoms. The lowest BCUT2D eigenvalue weighted by Gasteiger charge is -2.26. The summed E-state index contributed by atoms with van der Waals surface area (Å²) in [6.07, 6.45) is 5.43. The van der Waals surface area contributed by atoms with Gasteiger partial charge in [0.25, 0.3) is 5.84 Å². The smallest absolute Gasteiger partial charge is 0.253 e. The van der Waals surface area contributed by atoms with Gasteiger partial charge in [-0.1, -0.05) is 56.3 Å². The summed E-state index contributed by atoms with van der Waals surface area (Å²) in [5.74, 6) is 7.83. The lowest BCUT2D eigenvalue weighted by molar-refractivity contribution is -0.750. The zero-order valence-corrected chi connectivity index (χ0v) is 16.4. The Morgan fingerprint density at radius 3 is 2.52 bits per heavy atom. The highest BCUT2D eigenvalue weighted by atomic mass is 15.6. The lowest BCUT2D eigenvalue weighted by Crippen LogP contribution is -2.53. The number of aliphatic imine (C=N–C) groups is 2. The van der Waals surface area contributed by atoms with E-state index in [9.17, 15) is 0 Å². The molecule has 1 atom stereocenters. The number of amidine groups is 1. The molecule has 3 aromatic rings. The summed E-state index contributed by atoms with van der Waals surface area (Å²) >= 11 is 0. The van der Waals surface area contributed by atoms with Crippen LogP contribution in [0.3, 0.4) is 0 Å². The molecule has 29 heavy (non-hydrogen) atoms. The molecule has 2 N–H and O–H groups in total. The number of pyridine rings is 1. The number of nitrogens with two attached hydrogens (primary N) is 1. The van der Waals surface area contributed by atoms with Crippen molar-refractivity contribution in [2.75, 3.05) is 0 Å². The molecule has 5 rings (SSSR count). The minimum atomic E-state index is 0.0426. The average Bonchev–Trinajstić information content (AvgIpc) is 3.07. The van der Waals surface area contributed by atoms with Gasteiger partial charge < -0.3 is 0 Å². The quantitative estimate of drug-likeness (QED) is 0.525. The van der Waals surface area contributed by atoms with Gasteiger partial charge in [-0.3, -0.25) is 4.99 Å². The monoisotopic (exact) mass is 380 g/mol. The van der Waals surface area contributed by atoms with Crippen LogP contribution in [0.4, 0.5) is 0 Å². The van der Waals surface area contributed by atoms with Crippen molar-refractivity contribution in [2.45, 2.75) is 13.8 Å². The Morgan fingerprint density at radius 2 is 1.72 bits per heavy atom. The fourth-order valence-corrected chi connectivity index (χ4v) is 3.86. The Morgan fingerprint density at radius 1 is 0.931 bits per heavy atom. The van der Waals surface area contributed by atoms with Crippen LogP contribution in [0.1, 0.15) is 19.4 Å². The summed E-state index contributed by atoms with van der Waals surface area (Å²) in [7, 11) is 0. The maximum Gasteiger partial charge on any atom is 0.264 e. The molecule has 0 radical (unpaired) electrons. The van der Waals surface area contributed by atoms with E-state index in [4.69, 9.17) is 15.8 Å². The van der Waals surface area contributed by atoms with E-state index in [1.54, 1.807) is 6.20 Å². The van der Waals surface area contributed by atoms with Gasteiger partial charge in [-0.25, -0.2) is 4.98 Å². The van der Waals surface area contributed by atoms with Crippen LogP contribution in [-0.4, -0.2) is 21.6 Å². The Labute approximate surface area is 169 Å². The highest BCUT2D eigenvalue weighted by Crippen LogP contribution is 2.34. The third-order valence-corrected chi connectivity index (χ3v) is 5.39. The number of benzene rings is 2. The minimum absolute atomic E-state index is 0.0426. The van der Waals surface area contributed by atoms with Crippen LogP contribution in [0.15, 0.2) is 94.4 Å². The maximum atomic E-state index is 6.78. The van der Waals surface area contributed by atoms with Crippen molar-refractivity contribution in [3.8, 4) is 11.3 Å². The van der Waals surface area contributed by atoms with Crippen LogP contribution in [-0.2, 0) is 0 Å². The number of nitrogens with zero attached hydrogens (tertiary/aromatic N) is 4. The predicted octanol–water partition coefficient (Wildman–Crippen LogP) is 4.78. The van der Waals surface area contributed by atoms with E-state index in [1.807, 2.05) is 30.6 Å². The van der Waals surface area contributed by atoms with E-state index in [0.717, 1.165) is 45.0 Å². The van der Waals surface area contributed by atoms with E-state index in [2.05, 4.69) is 61.3 Å². The molecule has 142 valence electrons. The van der Waals surface area contributed by atoms with Gasteiger partial charge in [0, 0.05) is 16.9 Å². The molecular formula is C24H22N5+. The normalized spacial score (nSPS) is 20.5. The first-order valence-electron chi connectivity index (χ1n) is 9.75. The molecule has 0 aliphatic carbocycles. The first kappa shape index (κ1) is 17.7. The van der Waals surface area contributed by atoms with E-state index in [0.29, 0.717) is 0 Å². The highest BCUT2D eigenvalue weighted by Gasteiger charge is 2.44. The van der Waals surface area contributed by atoms with E-state index in [-0.39, 0.29) is 10.5 Å². The summed E-state index contributed by atoms with van der Waals surface area (Å²) in [6, 6.07) is 20.6. The highest BCUT2D eigenvalue weighted by molar-refractivity contribution is 6.02. The van der Waals surface area contributed by atoms with Crippen LogP contribution in [0.2, 0.25) is 0 Å². The standard InChI is InChI=1S/C24H22N5/c1-16(2)23-22-15-26-12-13-29(22,25)24(28-23)19-9-8-18-10-11-20(27-21(18)14-19)17-6-4-3-5-7-17/h3-16H,25H2,1-2H3/q+1. The largest absolute Gasteiger partial charge is 0.264 e. The lowest BCUT2D eigenvalue weighted by atomic mass is 10.1. The molecule has 1 unspecified atom stereocenters. The molecule has 0 spiro atoms. The summed E-state index contributed by atoms with van der Waals surface area (Å²) in [5, 5.41) is 1.09. The molecule has 5 heteroatoms. The number of allylic oxidation sites excluding steroid dienone is 2. The SMILES string of the molecule is CC(C)C1=C2C=NC=C[N+]2(N)C(c2ccc3ccc(-c4ccccc4)nc3c2)=N1. The Kier molecular flexibility index (Phi) is 4.01. The maximum absolute atomic E-state index is 6.78. The fraction of sp³-hybridized carbons (Fsp3) is 0.125. The zero-order valence-electron chi connectivity index (χ0n) is 16.4. The van der Waals surface area contributed by atoms with Gasteiger partial charge in [0.05, 0.1) is 29.2 Å². The van der Waals surface area contributed by atoms with Gasteiger partial charge in [0.1, 0.15) is 11.9 Å². The first-order valence-corrected chi connectivity index (χ1v) is 9.75. The molecular weight excluding hydrogens is 358 g/mol. The van der Waals surface area contributed by atoms with Crippen molar-refractivity contribution in [1.82, 2.24) is 4.98 Å². The number of hydrogen-bond acceptors (Lipinski definition) is 4. The second kappa shape index (κ2) is 6.58. The topological polar surface area (TPSA) is 63.6 Å². The summed E-state index contributed by atoms with van der Waals surface area (Å²) < 4.78 is 0.0426. The van der Waals surface area contributed by atoms with Gasteiger partial charge in [-0.05, 0) is 18.2 Å². The summed E-state index contributed by atoms with van der Waals surface area (Å²) in [6.45, 7) is 4.25. The van der Waals surface area contributed by atoms with Crippen LogP contribution in [0.25, 0.3) is 22.2 Å². The van der Waals surface area contributed by atoms with E-state index in [1.165, 1.54) is 0 Å². The third kappa shape index (κ3) is 2.83. The Balaban J connectivity index is 1.63. The number of quaternary nitrogens is 1. The summed E-state index contributed by atoms with van der Waals surface area (Å²) in [4.78, 5) is 14.1. The second-order valence-electron chi connectivity index (χ2n) is 7.68. The molecule has 0 saturated carbocycles. The average molecular weight is 380 g/mol. The van der Waals surface area contributed by atoms with Crippen LogP contribution >= 0.6 is 0 Å². The molecule has 5 nitrogen and oxygen atoms in total. The first-order chi connectivity index (χ1) is 14.1. The molecule has 1 aromatic heterocycles. The molecule has 0 fully saturated rings. The van der Waals surface area contributed by atoms with Crippen molar-refractivity contribution in [3.05, 3.63) is 90.0 Å². The van der Waals surface area contributed by atoms with Gasteiger partial charge in [0.2, 0.25) is 5.70 Å². The number of fused-ring (bicyclic) bond motifs is 2. The van der Waals surface area contributed by atoms with Crippen molar-refractivity contribution in [2.24, 2.45) is 21.7 Å². The number of aromatic nitrogens is 1. The summed E-state index contributed by atoms with van der Waals surface area (Å²) in [5.41, 5.74) is 5.83. The predicted molar refractivity (Wildman–Crippen MR) is 118 cm³/mol. The fourth-order valence-electron chi connectivity index (χ4n) is 3.86. The molecule has 3 heterocycles. The van der Waals surface area contributed by atoms with Crippen molar-refractivity contribution < 1.29 is 4.59 Å². The van der Waals surface area contributed by atoms with Crippen molar-refractivity contribution in [3.63, 3.8) is 0 Å². The minimum Gasteiger partial charge on any atom is -0.253 e. The Bertz CT molecular complexity index is 1230. The van der Waals surface area contributed by atoms with Crippen LogP contribution in [0.5, 0.6) is 0 Å². The van der Waals surface area contributed by atoms with Crippen LogP contribution in [0, 0.1) is 5.92 Å². The van der Waals surface area contributed by atoms with Gasteiger partial charge in [-0.15, -0.1) is 4.59 Å². The number of rotatable bonds is 3.